The third kappa shape index (κ3) is 3.28. The topological polar surface area (TPSA) is 29.5 Å². The highest BCUT2D eigenvalue weighted by Crippen LogP contribution is 2.28. The second-order valence-electron chi connectivity index (χ2n) is 4.55. The van der Waals surface area contributed by atoms with Gasteiger partial charge in [-0.05, 0) is 35.7 Å². The van der Waals surface area contributed by atoms with Gasteiger partial charge in [-0.1, -0.05) is 41.9 Å². The quantitative estimate of drug-likeness (QED) is 0.917. The number of aliphatic hydroxyl groups is 1. The van der Waals surface area contributed by atoms with Crippen LogP contribution in [0.5, 0.6) is 5.75 Å². The predicted molar refractivity (Wildman–Crippen MR) is 77.8 cm³/mol. The zero-order valence-corrected chi connectivity index (χ0v) is 11.8. The number of rotatable bonds is 4. The molecule has 1 atom stereocenters. The van der Waals surface area contributed by atoms with Crippen molar-refractivity contribution < 1.29 is 9.84 Å². The molecule has 2 aromatic carbocycles. The van der Waals surface area contributed by atoms with Gasteiger partial charge in [0.05, 0.1) is 13.2 Å². The van der Waals surface area contributed by atoms with Gasteiger partial charge in [0.2, 0.25) is 0 Å². The first-order chi connectivity index (χ1) is 9.11. The van der Waals surface area contributed by atoms with Crippen molar-refractivity contribution in [2.75, 3.05) is 7.11 Å². The van der Waals surface area contributed by atoms with Crippen LogP contribution in [-0.4, -0.2) is 12.2 Å². The van der Waals surface area contributed by atoms with Crippen LogP contribution in [0.25, 0.3) is 0 Å². The van der Waals surface area contributed by atoms with Crippen molar-refractivity contribution in [3.05, 3.63) is 64.2 Å². The van der Waals surface area contributed by atoms with E-state index in [1.807, 2.05) is 49.4 Å². The molecule has 0 aliphatic heterocycles. The van der Waals surface area contributed by atoms with Crippen LogP contribution in [0.15, 0.2) is 42.5 Å². The van der Waals surface area contributed by atoms with Crippen molar-refractivity contribution in [1.82, 2.24) is 0 Å². The number of ether oxygens (including phenoxy) is 1. The van der Waals surface area contributed by atoms with E-state index < -0.39 is 6.10 Å². The summed E-state index contributed by atoms with van der Waals surface area (Å²) >= 11 is 6.23. The predicted octanol–water partition coefficient (Wildman–Crippen LogP) is 3.93. The molecule has 100 valence electrons. The number of aliphatic hydroxyl groups excluding tert-OH is 1. The first kappa shape index (κ1) is 13.9. The van der Waals surface area contributed by atoms with Gasteiger partial charge in [0.1, 0.15) is 5.75 Å². The van der Waals surface area contributed by atoms with E-state index in [0.29, 0.717) is 11.4 Å². The number of halogens is 1. The SMILES string of the molecule is COc1cccc(CC(O)c2cccc(C)c2Cl)c1. The van der Waals surface area contributed by atoms with Crippen molar-refractivity contribution >= 4 is 11.6 Å². The van der Waals surface area contributed by atoms with Gasteiger partial charge in [-0.2, -0.15) is 0 Å². The Bertz CT molecular complexity index is 566. The number of methoxy groups -OCH3 is 1. The van der Waals surface area contributed by atoms with Gasteiger partial charge in [-0.3, -0.25) is 0 Å². The molecule has 2 rings (SSSR count). The highest BCUT2D eigenvalue weighted by Gasteiger charge is 2.13. The Kier molecular flexibility index (Phi) is 4.46. The molecule has 1 N–H and O–H groups in total. The number of hydrogen-bond acceptors (Lipinski definition) is 2. The molecule has 0 saturated heterocycles. The molecule has 0 aliphatic carbocycles. The fourth-order valence-corrected chi connectivity index (χ4v) is 2.31. The van der Waals surface area contributed by atoms with Crippen LogP contribution in [0.4, 0.5) is 0 Å². The van der Waals surface area contributed by atoms with E-state index in [9.17, 15) is 5.11 Å². The van der Waals surface area contributed by atoms with Crippen molar-refractivity contribution in [1.29, 1.82) is 0 Å². The van der Waals surface area contributed by atoms with Crippen molar-refractivity contribution in [2.24, 2.45) is 0 Å². The van der Waals surface area contributed by atoms with E-state index in [1.54, 1.807) is 7.11 Å². The molecule has 0 spiro atoms. The molecular formula is C16H17ClO2. The third-order valence-corrected chi connectivity index (χ3v) is 3.66. The van der Waals surface area contributed by atoms with Gasteiger partial charge in [0.25, 0.3) is 0 Å². The molecule has 0 aromatic heterocycles. The van der Waals surface area contributed by atoms with Gasteiger partial charge in [0, 0.05) is 11.4 Å². The molecule has 0 fully saturated rings. The lowest BCUT2D eigenvalue weighted by Crippen LogP contribution is -2.03. The fourth-order valence-electron chi connectivity index (χ4n) is 2.06. The van der Waals surface area contributed by atoms with Crippen molar-refractivity contribution in [3.63, 3.8) is 0 Å². The second-order valence-corrected chi connectivity index (χ2v) is 4.93. The van der Waals surface area contributed by atoms with Crippen LogP contribution in [0.1, 0.15) is 22.8 Å². The summed E-state index contributed by atoms with van der Waals surface area (Å²) in [5.41, 5.74) is 2.76. The Labute approximate surface area is 118 Å². The molecule has 2 aromatic rings. The summed E-state index contributed by atoms with van der Waals surface area (Å²) in [6.07, 6.45) is -0.0973. The molecule has 19 heavy (non-hydrogen) atoms. The molecule has 2 nitrogen and oxygen atoms in total. The molecule has 0 bridgehead atoms. The molecule has 0 radical (unpaired) electrons. The van der Waals surface area contributed by atoms with E-state index in [1.165, 1.54) is 0 Å². The maximum absolute atomic E-state index is 10.3. The molecule has 0 saturated carbocycles. The summed E-state index contributed by atoms with van der Waals surface area (Å²) in [6.45, 7) is 1.93. The Balaban J connectivity index is 2.20. The molecule has 3 heteroatoms. The maximum atomic E-state index is 10.3. The minimum Gasteiger partial charge on any atom is -0.497 e. The average molecular weight is 277 g/mol. The Morgan fingerprint density at radius 1 is 1.21 bits per heavy atom. The summed E-state index contributed by atoms with van der Waals surface area (Å²) < 4.78 is 5.18. The lowest BCUT2D eigenvalue weighted by molar-refractivity contribution is 0.178. The Morgan fingerprint density at radius 3 is 2.68 bits per heavy atom. The number of hydrogen-bond donors (Lipinski definition) is 1. The smallest absolute Gasteiger partial charge is 0.119 e. The zero-order chi connectivity index (χ0) is 13.8. The summed E-state index contributed by atoms with van der Waals surface area (Å²) in [7, 11) is 1.63. The van der Waals surface area contributed by atoms with Gasteiger partial charge >= 0.3 is 0 Å². The summed E-state index contributed by atoms with van der Waals surface area (Å²) in [5.74, 6) is 0.792. The Hall–Kier alpha value is -1.51. The highest BCUT2D eigenvalue weighted by atomic mass is 35.5. The largest absolute Gasteiger partial charge is 0.497 e. The van der Waals surface area contributed by atoms with Crippen LogP contribution in [0.2, 0.25) is 5.02 Å². The summed E-state index contributed by atoms with van der Waals surface area (Å²) in [6, 6.07) is 13.4. The van der Waals surface area contributed by atoms with Gasteiger partial charge in [0.15, 0.2) is 0 Å². The van der Waals surface area contributed by atoms with Crippen molar-refractivity contribution in [2.45, 2.75) is 19.4 Å². The highest BCUT2D eigenvalue weighted by molar-refractivity contribution is 6.32. The zero-order valence-electron chi connectivity index (χ0n) is 11.1. The Morgan fingerprint density at radius 2 is 1.95 bits per heavy atom. The van der Waals surface area contributed by atoms with E-state index in [-0.39, 0.29) is 0 Å². The van der Waals surface area contributed by atoms with Crippen molar-refractivity contribution in [3.8, 4) is 5.75 Å². The first-order valence-electron chi connectivity index (χ1n) is 6.18. The second kappa shape index (κ2) is 6.09. The lowest BCUT2D eigenvalue weighted by Gasteiger charge is -2.14. The van der Waals surface area contributed by atoms with Gasteiger partial charge < -0.3 is 9.84 Å². The van der Waals surface area contributed by atoms with Gasteiger partial charge in [-0.15, -0.1) is 0 Å². The van der Waals surface area contributed by atoms with Crippen LogP contribution in [0.3, 0.4) is 0 Å². The molecular weight excluding hydrogens is 260 g/mol. The lowest BCUT2D eigenvalue weighted by atomic mass is 10.00. The minimum absolute atomic E-state index is 0.514. The summed E-state index contributed by atoms with van der Waals surface area (Å²) in [5, 5.41) is 11.0. The monoisotopic (exact) mass is 276 g/mol. The minimum atomic E-state index is -0.612. The van der Waals surface area contributed by atoms with E-state index in [2.05, 4.69) is 0 Å². The molecule has 0 heterocycles. The fraction of sp³-hybridized carbons (Fsp3) is 0.250. The molecule has 0 amide bonds. The van der Waals surface area contributed by atoms with E-state index in [0.717, 1.165) is 22.4 Å². The van der Waals surface area contributed by atoms with Crippen LogP contribution < -0.4 is 4.74 Å². The first-order valence-corrected chi connectivity index (χ1v) is 6.55. The molecule has 1 unspecified atom stereocenters. The van der Waals surface area contributed by atoms with Crippen LogP contribution in [0, 0.1) is 6.92 Å². The van der Waals surface area contributed by atoms with Crippen LogP contribution >= 0.6 is 11.6 Å². The van der Waals surface area contributed by atoms with Crippen LogP contribution in [-0.2, 0) is 6.42 Å². The van der Waals surface area contributed by atoms with E-state index in [4.69, 9.17) is 16.3 Å². The van der Waals surface area contributed by atoms with E-state index >= 15 is 0 Å². The summed E-state index contributed by atoms with van der Waals surface area (Å²) in [4.78, 5) is 0. The normalized spacial score (nSPS) is 12.2. The number of aryl methyl sites for hydroxylation is 1. The standard InChI is InChI=1S/C16H17ClO2/c1-11-5-3-8-14(16(11)17)15(18)10-12-6-4-7-13(9-12)19-2/h3-9,15,18H,10H2,1-2H3. The number of benzene rings is 2. The molecule has 0 aliphatic rings. The average Bonchev–Trinajstić information content (AvgIpc) is 2.42. The van der Waals surface area contributed by atoms with Gasteiger partial charge in [-0.25, -0.2) is 0 Å². The third-order valence-electron chi connectivity index (χ3n) is 3.14. The maximum Gasteiger partial charge on any atom is 0.119 e.